The molecule has 1 unspecified atom stereocenters. The van der Waals surface area contributed by atoms with Gasteiger partial charge >= 0.3 is 0 Å². The second-order valence-corrected chi connectivity index (χ2v) is 4.26. The van der Waals surface area contributed by atoms with Gasteiger partial charge in [0.1, 0.15) is 0 Å². The zero-order chi connectivity index (χ0) is 13.7. The quantitative estimate of drug-likeness (QED) is 0.848. The minimum absolute atomic E-state index is 0.0480. The van der Waals surface area contributed by atoms with Crippen molar-refractivity contribution in [2.75, 3.05) is 7.11 Å². The summed E-state index contributed by atoms with van der Waals surface area (Å²) in [5, 5.41) is 9.96. The van der Waals surface area contributed by atoms with Crippen LogP contribution in [0.1, 0.15) is 24.1 Å². The van der Waals surface area contributed by atoms with E-state index in [0.717, 1.165) is 5.56 Å². The Hall–Kier alpha value is -2.29. The second-order valence-electron chi connectivity index (χ2n) is 4.26. The van der Waals surface area contributed by atoms with E-state index in [1.54, 1.807) is 18.3 Å². The number of aromatic hydroxyl groups is 1. The summed E-state index contributed by atoms with van der Waals surface area (Å²) in [6, 6.07) is 15.4. The van der Waals surface area contributed by atoms with E-state index in [2.05, 4.69) is 4.99 Å². The van der Waals surface area contributed by atoms with Crippen LogP contribution in [0.3, 0.4) is 0 Å². The minimum atomic E-state index is 0.0480. The number of phenols is 1. The first-order valence-electron chi connectivity index (χ1n) is 6.16. The Bertz CT molecular complexity index is 564. The van der Waals surface area contributed by atoms with Crippen molar-refractivity contribution in [1.82, 2.24) is 0 Å². The molecule has 0 aliphatic rings. The molecule has 0 aliphatic heterocycles. The third-order valence-electron chi connectivity index (χ3n) is 2.97. The number of phenolic OH excluding ortho intramolecular Hbond substituents is 1. The largest absolute Gasteiger partial charge is 0.504 e. The predicted molar refractivity (Wildman–Crippen MR) is 77.1 cm³/mol. The Morgan fingerprint density at radius 2 is 1.84 bits per heavy atom. The van der Waals surface area contributed by atoms with Crippen LogP contribution in [0.2, 0.25) is 0 Å². The van der Waals surface area contributed by atoms with Crippen molar-refractivity contribution in [2.24, 2.45) is 4.99 Å². The average molecular weight is 255 g/mol. The lowest BCUT2D eigenvalue weighted by atomic mass is 10.1. The summed E-state index contributed by atoms with van der Waals surface area (Å²) in [5.74, 6) is 0.574. The molecule has 0 aliphatic carbocycles. The summed E-state index contributed by atoms with van der Waals surface area (Å²) in [4.78, 5) is 4.46. The molecule has 1 atom stereocenters. The van der Waals surface area contributed by atoms with Crippen LogP contribution in [0.5, 0.6) is 11.5 Å². The number of nitrogens with zero attached hydrogens (tertiary/aromatic N) is 1. The van der Waals surface area contributed by atoms with E-state index in [9.17, 15) is 5.11 Å². The maximum Gasteiger partial charge on any atom is 0.166 e. The molecule has 0 fully saturated rings. The lowest BCUT2D eigenvalue weighted by Gasteiger charge is -2.07. The Morgan fingerprint density at radius 3 is 2.53 bits per heavy atom. The Morgan fingerprint density at radius 1 is 1.11 bits per heavy atom. The van der Waals surface area contributed by atoms with Crippen LogP contribution in [-0.4, -0.2) is 18.4 Å². The van der Waals surface area contributed by atoms with Crippen LogP contribution in [0.4, 0.5) is 0 Å². The Kier molecular flexibility index (Phi) is 4.18. The average Bonchev–Trinajstić information content (AvgIpc) is 2.47. The van der Waals surface area contributed by atoms with Crippen molar-refractivity contribution in [3.05, 3.63) is 59.7 Å². The first-order chi connectivity index (χ1) is 9.22. The van der Waals surface area contributed by atoms with E-state index in [-0.39, 0.29) is 11.8 Å². The molecule has 0 radical (unpaired) electrons. The van der Waals surface area contributed by atoms with E-state index in [1.807, 2.05) is 43.3 Å². The highest BCUT2D eigenvalue weighted by atomic mass is 16.5. The molecule has 2 aromatic rings. The molecule has 3 heteroatoms. The maximum atomic E-state index is 9.96. The molecule has 0 spiro atoms. The van der Waals surface area contributed by atoms with Gasteiger partial charge in [-0.05, 0) is 24.6 Å². The monoisotopic (exact) mass is 255 g/mol. The molecule has 0 amide bonds. The smallest absolute Gasteiger partial charge is 0.166 e. The van der Waals surface area contributed by atoms with Crippen molar-refractivity contribution < 1.29 is 9.84 Å². The van der Waals surface area contributed by atoms with Crippen molar-refractivity contribution in [3.8, 4) is 11.5 Å². The number of rotatable bonds is 4. The van der Waals surface area contributed by atoms with Crippen LogP contribution < -0.4 is 4.74 Å². The number of methoxy groups -OCH3 is 1. The third kappa shape index (κ3) is 3.13. The first kappa shape index (κ1) is 13.1. The summed E-state index contributed by atoms with van der Waals surface area (Å²) in [6.45, 7) is 2.02. The SMILES string of the molecule is COc1cccc(/C=N\C(C)c2ccccc2)c1O. The molecular formula is C16H17NO2. The molecular weight excluding hydrogens is 238 g/mol. The van der Waals surface area contributed by atoms with Crippen LogP contribution >= 0.6 is 0 Å². The standard InChI is InChI=1S/C16H17NO2/c1-12(13-7-4-3-5-8-13)17-11-14-9-6-10-15(19-2)16(14)18/h3-12,18H,1-2H3/b17-11-. The highest BCUT2D eigenvalue weighted by molar-refractivity contribution is 5.84. The number of ether oxygens (including phenoxy) is 1. The van der Waals surface area contributed by atoms with Gasteiger partial charge in [0.2, 0.25) is 0 Å². The van der Waals surface area contributed by atoms with Crippen molar-refractivity contribution >= 4 is 6.21 Å². The van der Waals surface area contributed by atoms with Crippen LogP contribution in [0.25, 0.3) is 0 Å². The van der Waals surface area contributed by atoms with Gasteiger partial charge in [-0.15, -0.1) is 0 Å². The van der Waals surface area contributed by atoms with Gasteiger partial charge in [-0.3, -0.25) is 4.99 Å². The lowest BCUT2D eigenvalue weighted by molar-refractivity contribution is 0.373. The van der Waals surface area contributed by atoms with E-state index in [0.29, 0.717) is 11.3 Å². The van der Waals surface area contributed by atoms with E-state index < -0.39 is 0 Å². The van der Waals surface area contributed by atoms with E-state index in [1.165, 1.54) is 7.11 Å². The van der Waals surface area contributed by atoms with Gasteiger partial charge in [0.15, 0.2) is 11.5 Å². The van der Waals surface area contributed by atoms with Crippen LogP contribution in [-0.2, 0) is 0 Å². The zero-order valence-corrected chi connectivity index (χ0v) is 11.1. The fourth-order valence-electron chi connectivity index (χ4n) is 1.82. The van der Waals surface area contributed by atoms with Crippen molar-refractivity contribution in [1.29, 1.82) is 0 Å². The Labute approximate surface area is 113 Å². The molecule has 98 valence electrons. The van der Waals surface area contributed by atoms with Crippen LogP contribution in [0.15, 0.2) is 53.5 Å². The highest BCUT2D eigenvalue weighted by Gasteiger charge is 2.06. The normalized spacial score (nSPS) is 12.5. The highest BCUT2D eigenvalue weighted by Crippen LogP contribution is 2.28. The van der Waals surface area contributed by atoms with Crippen molar-refractivity contribution in [3.63, 3.8) is 0 Å². The van der Waals surface area contributed by atoms with Crippen molar-refractivity contribution in [2.45, 2.75) is 13.0 Å². The molecule has 2 rings (SSSR count). The topological polar surface area (TPSA) is 41.8 Å². The number of para-hydroxylation sites is 1. The second kappa shape index (κ2) is 6.05. The fourth-order valence-corrected chi connectivity index (χ4v) is 1.82. The van der Waals surface area contributed by atoms with E-state index in [4.69, 9.17) is 4.74 Å². The zero-order valence-electron chi connectivity index (χ0n) is 11.1. The van der Waals surface area contributed by atoms with Gasteiger partial charge in [-0.25, -0.2) is 0 Å². The summed E-state index contributed by atoms with van der Waals surface area (Å²) in [6.07, 6.45) is 1.68. The summed E-state index contributed by atoms with van der Waals surface area (Å²) < 4.78 is 5.07. The number of aliphatic imine (C=N–C) groups is 1. The lowest BCUT2D eigenvalue weighted by Crippen LogP contribution is -1.92. The molecule has 0 aromatic heterocycles. The van der Waals surface area contributed by atoms with Gasteiger partial charge in [-0.1, -0.05) is 36.4 Å². The van der Waals surface area contributed by atoms with E-state index >= 15 is 0 Å². The van der Waals surface area contributed by atoms with Crippen LogP contribution in [0, 0.1) is 0 Å². The number of benzene rings is 2. The number of hydrogen-bond donors (Lipinski definition) is 1. The summed E-state index contributed by atoms with van der Waals surface area (Å²) in [7, 11) is 1.53. The van der Waals surface area contributed by atoms with Gasteiger partial charge in [-0.2, -0.15) is 0 Å². The van der Waals surface area contributed by atoms with Gasteiger partial charge in [0.05, 0.1) is 13.2 Å². The Balaban J connectivity index is 2.19. The summed E-state index contributed by atoms with van der Waals surface area (Å²) in [5.41, 5.74) is 1.79. The molecule has 0 saturated carbocycles. The van der Waals surface area contributed by atoms with Gasteiger partial charge in [0.25, 0.3) is 0 Å². The van der Waals surface area contributed by atoms with Gasteiger partial charge < -0.3 is 9.84 Å². The predicted octanol–water partition coefficient (Wildman–Crippen LogP) is 3.58. The molecule has 0 bridgehead atoms. The molecule has 0 heterocycles. The molecule has 19 heavy (non-hydrogen) atoms. The molecule has 0 saturated heterocycles. The third-order valence-corrected chi connectivity index (χ3v) is 2.97. The fraction of sp³-hybridized carbons (Fsp3) is 0.188. The molecule has 3 nitrogen and oxygen atoms in total. The summed E-state index contributed by atoms with van der Waals surface area (Å²) >= 11 is 0. The first-order valence-corrected chi connectivity index (χ1v) is 6.16. The molecule has 2 aromatic carbocycles. The molecule has 1 N–H and O–H groups in total. The number of hydrogen-bond acceptors (Lipinski definition) is 3. The minimum Gasteiger partial charge on any atom is -0.504 e. The van der Waals surface area contributed by atoms with Gasteiger partial charge in [0, 0.05) is 11.8 Å². The maximum absolute atomic E-state index is 9.96.